The molecular formula is C21H21N3O5. The first kappa shape index (κ1) is 20.1. The van der Waals surface area contributed by atoms with Crippen molar-refractivity contribution in [2.75, 3.05) is 7.11 Å². The second-order valence-electron chi connectivity index (χ2n) is 6.36. The Balaban J connectivity index is 1.58. The maximum atomic E-state index is 12.4. The van der Waals surface area contributed by atoms with Crippen LogP contribution in [0.5, 0.6) is 5.75 Å². The molecule has 1 N–H and O–H groups in total. The minimum atomic E-state index is -1.01. The number of carbonyl (C=O) groups excluding carboxylic acids is 2. The van der Waals surface area contributed by atoms with E-state index in [1.165, 1.54) is 13.3 Å². The molecule has 0 saturated carbocycles. The molecule has 150 valence electrons. The maximum Gasteiger partial charge on any atom is 0.326 e. The number of hydrogen-bond acceptors (Lipinski definition) is 6. The predicted molar refractivity (Wildman–Crippen MR) is 106 cm³/mol. The van der Waals surface area contributed by atoms with Gasteiger partial charge in [0.05, 0.1) is 24.3 Å². The summed E-state index contributed by atoms with van der Waals surface area (Å²) in [6.45, 7) is 1.37. The third-order valence-electron chi connectivity index (χ3n) is 4.35. The summed E-state index contributed by atoms with van der Waals surface area (Å²) in [6.07, 6.45) is 0.277. The highest BCUT2D eigenvalue weighted by Crippen LogP contribution is 2.16. The summed E-state index contributed by atoms with van der Waals surface area (Å²) >= 11 is 0. The van der Waals surface area contributed by atoms with Gasteiger partial charge in [0.1, 0.15) is 12.3 Å². The number of amides is 1. The molecule has 0 bridgehead atoms. The molecule has 0 aliphatic carbocycles. The molecule has 8 nitrogen and oxygen atoms in total. The number of rotatable bonds is 7. The molecule has 0 unspecified atom stereocenters. The Hall–Kier alpha value is -3.68. The largest absolute Gasteiger partial charge is 0.496 e. The Bertz CT molecular complexity index is 1090. The van der Waals surface area contributed by atoms with Crippen LogP contribution < -0.4 is 15.6 Å². The minimum absolute atomic E-state index is 0.235. The van der Waals surface area contributed by atoms with Crippen LogP contribution in [0, 0.1) is 0 Å². The van der Waals surface area contributed by atoms with Gasteiger partial charge in [-0.15, -0.1) is 0 Å². The second kappa shape index (κ2) is 9.01. The van der Waals surface area contributed by atoms with Gasteiger partial charge >= 0.3 is 5.97 Å². The fraction of sp³-hybridized carbons (Fsp3) is 0.238. The van der Waals surface area contributed by atoms with E-state index in [9.17, 15) is 14.4 Å². The fourth-order valence-electron chi connectivity index (χ4n) is 2.82. The number of para-hydroxylation sites is 2. The standard InChI is InChI=1S/C21H21N3O5/c1-14(20(26)22-11-15-7-3-6-10-18(15)28-2)29-19(25)12-24-13-23-17-9-5-4-8-16(17)21(24)27/h3-10,13-14H,11-12H2,1-2H3,(H,22,26)/t14-/m1/s1. The Morgan fingerprint density at radius 1 is 1.14 bits per heavy atom. The van der Waals surface area contributed by atoms with Crippen LogP contribution in [0.15, 0.2) is 59.7 Å². The fourth-order valence-corrected chi connectivity index (χ4v) is 2.82. The molecule has 0 spiro atoms. The van der Waals surface area contributed by atoms with Crippen molar-refractivity contribution in [3.63, 3.8) is 0 Å². The monoisotopic (exact) mass is 395 g/mol. The number of aromatic nitrogens is 2. The van der Waals surface area contributed by atoms with Crippen molar-refractivity contribution in [3.05, 3.63) is 70.8 Å². The van der Waals surface area contributed by atoms with Gasteiger partial charge in [-0.1, -0.05) is 30.3 Å². The number of fused-ring (bicyclic) bond motifs is 1. The summed E-state index contributed by atoms with van der Waals surface area (Å²) in [7, 11) is 1.55. The van der Waals surface area contributed by atoms with Crippen molar-refractivity contribution in [1.29, 1.82) is 0 Å². The van der Waals surface area contributed by atoms with E-state index in [0.717, 1.165) is 10.1 Å². The number of ether oxygens (including phenoxy) is 2. The van der Waals surface area contributed by atoms with Gasteiger partial charge in [0, 0.05) is 12.1 Å². The average Bonchev–Trinajstić information content (AvgIpc) is 2.74. The van der Waals surface area contributed by atoms with E-state index in [2.05, 4.69) is 10.3 Å². The van der Waals surface area contributed by atoms with Crippen molar-refractivity contribution < 1.29 is 19.1 Å². The average molecular weight is 395 g/mol. The van der Waals surface area contributed by atoms with Crippen LogP contribution >= 0.6 is 0 Å². The molecular weight excluding hydrogens is 374 g/mol. The Morgan fingerprint density at radius 2 is 1.86 bits per heavy atom. The van der Waals surface area contributed by atoms with Gasteiger partial charge in [-0.25, -0.2) is 4.98 Å². The first-order valence-corrected chi connectivity index (χ1v) is 9.03. The lowest BCUT2D eigenvalue weighted by atomic mass is 10.2. The molecule has 3 rings (SSSR count). The zero-order valence-corrected chi connectivity index (χ0v) is 16.1. The van der Waals surface area contributed by atoms with Crippen molar-refractivity contribution in [3.8, 4) is 5.75 Å². The molecule has 0 aliphatic rings. The summed E-state index contributed by atoms with van der Waals surface area (Å²) in [6, 6.07) is 14.1. The molecule has 29 heavy (non-hydrogen) atoms. The third-order valence-corrected chi connectivity index (χ3v) is 4.35. The molecule has 3 aromatic rings. The number of nitrogens with zero attached hydrogens (tertiary/aromatic N) is 2. The highest BCUT2D eigenvalue weighted by molar-refractivity contribution is 5.83. The van der Waals surface area contributed by atoms with E-state index < -0.39 is 18.0 Å². The van der Waals surface area contributed by atoms with Crippen LogP contribution in [0.25, 0.3) is 10.9 Å². The summed E-state index contributed by atoms with van der Waals surface area (Å²) in [5, 5.41) is 3.11. The molecule has 0 fully saturated rings. The normalized spacial score (nSPS) is 11.7. The zero-order chi connectivity index (χ0) is 20.8. The Labute approximate surface area is 167 Å². The van der Waals surface area contributed by atoms with Crippen molar-refractivity contribution >= 4 is 22.8 Å². The third kappa shape index (κ3) is 4.78. The number of hydrogen-bond donors (Lipinski definition) is 1. The van der Waals surface area contributed by atoms with Crippen LogP contribution in [-0.4, -0.2) is 34.6 Å². The van der Waals surface area contributed by atoms with Crippen LogP contribution in [0.1, 0.15) is 12.5 Å². The lowest BCUT2D eigenvalue weighted by Gasteiger charge is -2.15. The lowest BCUT2D eigenvalue weighted by molar-refractivity contribution is -0.155. The van der Waals surface area contributed by atoms with Gasteiger partial charge in [0.15, 0.2) is 6.10 Å². The molecule has 0 saturated heterocycles. The van der Waals surface area contributed by atoms with E-state index in [-0.39, 0.29) is 18.6 Å². The van der Waals surface area contributed by atoms with Gasteiger partial charge in [-0.05, 0) is 25.1 Å². The van der Waals surface area contributed by atoms with E-state index in [1.54, 1.807) is 37.4 Å². The van der Waals surface area contributed by atoms with E-state index in [4.69, 9.17) is 9.47 Å². The topological polar surface area (TPSA) is 99.5 Å². The van der Waals surface area contributed by atoms with Gasteiger partial charge in [-0.2, -0.15) is 0 Å². The SMILES string of the molecule is COc1ccccc1CNC(=O)[C@@H](C)OC(=O)Cn1cnc2ccccc2c1=O. The smallest absolute Gasteiger partial charge is 0.326 e. The van der Waals surface area contributed by atoms with Crippen LogP contribution in [-0.2, 0) is 27.4 Å². The summed E-state index contributed by atoms with van der Waals surface area (Å²) in [5.41, 5.74) is 1.00. The van der Waals surface area contributed by atoms with E-state index in [1.807, 2.05) is 18.2 Å². The van der Waals surface area contributed by atoms with Gasteiger partial charge in [0.25, 0.3) is 11.5 Å². The first-order chi connectivity index (χ1) is 14.0. The number of methoxy groups -OCH3 is 1. The molecule has 1 amide bonds. The molecule has 1 aromatic heterocycles. The summed E-state index contributed by atoms with van der Waals surface area (Å²) in [5.74, 6) is -0.502. The molecule has 8 heteroatoms. The van der Waals surface area contributed by atoms with Gasteiger partial charge in [-0.3, -0.25) is 19.0 Å². The predicted octanol–water partition coefficient (Wildman–Crippen LogP) is 1.65. The number of carbonyl (C=O) groups is 2. The molecule has 1 atom stereocenters. The molecule has 2 aromatic carbocycles. The molecule has 0 radical (unpaired) electrons. The Morgan fingerprint density at radius 3 is 2.66 bits per heavy atom. The van der Waals surface area contributed by atoms with Crippen LogP contribution in [0.4, 0.5) is 0 Å². The van der Waals surface area contributed by atoms with Gasteiger partial charge < -0.3 is 14.8 Å². The van der Waals surface area contributed by atoms with Crippen LogP contribution in [0.3, 0.4) is 0 Å². The minimum Gasteiger partial charge on any atom is -0.496 e. The highest BCUT2D eigenvalue weighted by Gasteiger charge is 2.19. The molecule has 0 aliphatic heterocycles. The number of esters is 1. The lowest BCUT2D eigenvalue weighted by Crippen LogP contribution is -2.37. The van der Waals surface area contributed by atoms with Crippen molar-refractivity contribution in [1.82, 2.24) is 14.9 Å². The zero-order valence-electron chi connectivity index (χ0n) is 16.1. The van der Waals surface area contributed by atoms with Crippen LogP contribution in [0.2, 0.25) is 0 Å². The van der Waals surface area contributed by atoms with E-state index >= 15 is 0 Å². The van der Waals surface area contributed by atoms with E-state index in [0.29, 0.717) is 16.7 Å². The highest BCUT2D eigenvalue weighted by atomic mass is 16.5. The van der Waals surface area contributed by atoms with Crippen molar-refractivity contribution in [2.24, 2.45) is 0 Å². The summed E-state index contributed by atoms with van der Waals surface area (Å²) < 4.78 is 11.6. The first-order valence-electron chi connectivity index (χ1n) is 9.03. The van der Waals surface area contributed by atoms with Gasteiger partial charge in [0.2, 0.25) is 0 Å². The number of benzene rings is 2. The summed E-state index contributed by atoms with van der Waals surface area (Å²) in [4.78, 5) is 41.0. The molecule has 1 heterocycles. The second-order valence-corrected chi connectivity index (χ2v) is 6.36. The number of nitrogens with one attached hydrogen (secondary N) is 1. The quantitative estimate of drug-likeness (QED) is 0.611. The maximum absolute atomic E-state index is 12.4. The van der Waals surface area contributed by atoms with Crippen molar-refractivity contribution in [2.45, 2.75) is 26.1 Å². The Kier molecular flexibility index (Phi) is 6.23.